The van der Waals surface area contributed by atoms with Crippen molar-refractivity contribution in [3.63, 3.8) is 0 Å². The maximum atomic E-state index is 11.8. The van der Waals surface area contributed by atoms with Gasteiger partial charge in [-0.2, -0.15) is 5.10 Å². The number of nitrogens with zero attached hydrogens (tertiary/aromatic N) is 2. The monoisotopic (exact) mass is 251 g/mol. The first-order chi connectivity index (χ1) is 8.08. The Balaban J connectivity index is 2.24. The third kappa shape index (κ3) is 2.39. The molecule has 6 heteroatoms. The summed E-state index contributed by atoms with van der Waals surface area (Å²) in [7, 11) is 1.66. The summed E-state index contributed by atoms with van der Waals surface area (Å²) in [6.45, 7) is 0. The lowest BCUT2D eigenvalue weighted by atomic mass is 10.3. The number of phenols is 1. The molecule has 1 aromatic heterocycles. The van der Waals surface area contributed by atoms with E-state index in [2.05, 4.69) is 10.4 Å². The van der Waals surface area contributed by atoms with Crippen LogP contribution in [0.5, 0.6) is 5.75 Å². The van der Waals surface area contributed by atoms with Gasteiger partial charge in [-0.1, -0.05) is 11.6 Å². The van der Waals surface area contributed by atoms with Crippen LogP contribution in [0.3, 0.4) is 0 Å². The Kier molecular flexibility index (Phi) is 3.01. The molecule has 0 unspecified atom stereocenters. The molecule has 0 aliphatic carbocycles. The first kappa shape index (κ1) is 11.5. The van der Waals surface area contributed by atoms with Crippen molar-refractivity contribution in [2.45, 2.75) is 0 Å². The number of halogens is 1. The van der Waals surface area contributed by atoms with E-state index in [1.54, 1.807) is 13.1 Å². The zero-order valence-electron chi connectivity index (χ0n) is 9.01. The number of rotatable bonds is 2. The molecule has 0 bridgehead atoms. The molecular weight excluding hydrogens is 242 g/mol. The van der Waals surface area contributed by atoms with Gasteiger partial charge in [0.1, 0.15) is 11.4 Å². The summed E-state index contributed by atoms with van der Waals surface area (Å²) in [5.41, 5.74) is 0.660. The Hall–Kier alpha value is -2.01. The van der Waals surface area contributed by atoms with Crippen LogP contribution in [-0.4, -0.2) is 20.8 Å². The van der Waals surface area contributed by atoms with Gasteiger partial charge in [0.2, 0.25) is 0 Å². The lowest BCUT2D eigenvalue weighted by Gasteiger charge is -2.07. The molecule has 0 saturated heterocycles. The smallest absolute Gasteiger partial charge is 0.274 e. The average molecular weight is 252 g/mol. The zero-order chi connectivity index (χ0) is 12.4. The van der Waals surface area contributed by atoms with Gasteiger partial charge < -0.3 is 10.4 Å². The van der Waals surface area contributed by atoms with E-state index in [1.807, 2.05) is 0 Å². The molecule has 88 valence electrons. The Morgan fingerprint density at radius 3 is 2.88 bits per heavy atom. The lowest BCUT2D eigenvalue weighted by Crippen LogP contribution is -2.16. The summed E-state index contributed by atoms with van der Waals surface area (Å²) in [4.78, 5) is 11.8. The second-order valence-electron chi connectivity index (χ2n) is 3.46. The van der Waals surface area contributed by atoms with E-state index in [0.717, 1.165) is 0 Å². The molecule has 0 spiro atoms. The van der Waals surface area contributed by atoms with Crippen LogP contribution >= 0.6 is 11.6 Å². The van der Waals surface area contributed by atoms with Crippen LogP contribution in [0, 0.1) is 0 Å². The van der Waals surface area contributed by atoms with E-state index in [0.29, 0.717) is 10.7 Å². The van der Waals surface area contributed by atoms with E-state index in [4.69, 9.17) is 11.6 Å². The number of aromatic hydroxyl groups is 1. The van der Waals surface area contributed by atoms with Crippen molar-refractivity contribution in [3.05, 3.63) is 41.2 Å². The van der Waals surface area contributed by atoms with Crippen molar-refractivity contribution >= 4 is 23.2 Å². The van der Waals surface area contributed by atoms with Gasteiger partial charge in [0.15, 0.2) is 0 Å². The van der Waals surface area contributed by atoms with E-state index < -0.39 is 0 Å². The van der Waals surface area contributed by atoms with E-state index in [-0.39, 0.29) is 17.3 Å². The molecule has 5 nitrogen and oxygen atoms in total. The molecule has 0 saturated carbocycles. The van der Waals surface area contributed by atoms with Crippen molar-refractivity contribution in [2.75, 3.05) is 5.32 Å². The Bertz CT molecular complexity index is 566. The number of hydrogen-bond donors (Lipinski definition) is 2. The summed E-state index contributed by atoms with van der Waals surface area (Å²) >= 11 is 5.78. The molecule has 0 atom stereocenters. The lowest BCUT2D eigenvalue weighted by molar-refractivity contribution is 0.101. The predicted octanol–water partition coefficient (Wildman–Crippen LogP) is 2.03. The van der Waals surface area contributed by atoms with Crippen LogP contribution in [0.25, 0.3) is 0 Å². The van der Waals surface area contributed by atoms with Gasteiger partial charge in [0.05, 0.1) is 5.69 Å². The van der Waals surface area contributed by atoms with Gasteiger partial charge >= 0.3 is 0 Å². The van der Waals surface area contributed by atoms with Crippen molar-refractivity contribution < 1.29 is 9.90 Å². The first-order valence-corrected chi connectivity index (χ1v) is 5.23. The molecule has 2 N–H and O–H groups in total. The SMILES string of the molecule is Cn1nccc1C(=O)Nc1cc(Cl)ccc1O. The van der Waals surface area contributed by atoms with Crippen LogP contribution in [0.4, 0.5) is 5.69 Å². The molecule has 0 aliphatic rings. The molecule has 2 rings (SSSR count). The predicted molar refractivity (Wildman–Crippen MR) is 64.3 cm³/mol. The standard InChI is InChI=1S/C11H10ClN3O2/c1-15-9(4-5-13-15)11(17)14-8-6-7(12)2-3-10(8)16/h2-6,16H,1H3,(H,14,17). The average Bonchev–Trinajstić information content (AvgIpc) is 2.70. The number of nitrogens with one attached hydrogen (secondary N) is 1. The van der Waals surface area contributed by atoms with Crippen LogP contribution in [0.15, 0.2) is 30.5 Å². The van der Waals surface area contributed by atoms with Gasteiger partial charge in [-0.25, -0.2) is 0 Å². The maximum absolute atomic E-state index is 11.8. The quantitative estimate of drug-likeness (QED) is 0.803. The highest BCUT2D eigenvalue weighted by molar-refractivity contribution is 6.31. The molecule has 1 amide bonds. The number of anilines is 1. The minimum atomic E-state index is -0.359. The number of carbonyl (C=O) groups is 1. The Morgan fingerprint density at radius 2 is 2.24 bits per heavy atom. The van der Waals surface area contributed by atoms with Crippen LogP contribution in [0.1, 0.15) is 10.5 Å². The van der Waals surface area contributed by atoms with Crippen LogP contribution in [0.2, 0.25) is 5.02 Å². The first-order valence-electron chi connectivity index (χ1n) is 4.86. The van der Waals surface area contributed by atoms with Gasteiger partial charge in [-0.3, -0.25) is 9.48 Å². The second kappa shape index (κ2) is 4.47. The van der Waals surface area contributed by atoms with Crippen molar-refractivity contribution in [2.24, 2.45) is 7.05 Å². The highest BCUT2D eigenvalue weighted by Crippen LogP contribution is 2.26. The fourth-order valence-corrected chi connectivity index (χ4v) is 1.56. The van der Waals surface area contributed by atoms with Gasteiger partial charge in [0.25, 0.3) is 5.91 Å². The minimum Gasteiger partial charge on any atom is -0.506 e. The third-order valence-corrected chi connectivity index (χ3v) is 2.50. The van der Waals surface area contributed by atoms with Crippen molar-refractivity contribution in [3.8, 4) is 5.75 Å². The summed E-state index contributed by atoms with van der Waals surface area (Å²) in [5, 5.41) is 16.4. The number of benzene rings is 1. The normalized spacial score (nSPS) is 10.2. The van der Waals surface area contributed by atoms with Crippen LogP contribution in [-0.2, 0) is 7.05 Å². The van der Waals surface area contributed by atoms with E-state index in [1.165, 1.54) is 29.1 Å². The Labute approximate surface area is 103 Å². The molecule has 1 aromatic carbocycles. The molecular formula is C11H10ClN3O2. The van der Waals surface area contributed by atoms with E-state index >= 15 is 0 Å². The molecule has 2 aromatic rings. The maximum Gasteiger partial charge on any atom is 0.274 e. The van der Waals surface area contributed by atoms with Gasteiger partial charge in [-0.05, 0) is 24.3 Å². The molecule has 17 heavy (non-hydrogen) atoms. The zero-order valence-corrected chi connectivity index (χ0v) is 9.77. The number of hydrogen-bond acceptors (Lipinski definition) is 3. The topological polar surface area (TPSA) is 67.2 Å². The summed E-state index contributed by atoms with van der Waals surface area (Å²) in [6, 6.07) is 6.01. The molecule has 0 fully saturated rings. The molecule has 0 radical (unpaired) electrons. The third-order valence-electron chi connectivity index (χ3n) is 2.26. The largest absolute Gasteiger partial charge is 0.506 e. The van der Waals surface area contributed by atoms with Crippen LogP contribution < -0.4 is 5.32 Å². The fraction of sp³-hybridized carbons (Fsp3) is 0.0909. The number of amides is 1. The number of phenolic OH excluding ortho intramolecular Hbond substituents is 1. The summed E-state index contributed by atoms with van der Waals surface area (Å²) in [6.07, 6.45) is 1.52. The van der Waals surface area contributed by atoms with Gasteiger partial charge in [0, 0.05) is 18.3 Å². The highest BCUT2D eigenvalue weighted by atomic mass is 35.5. The number of carbonyl (C=O) groups excluding carboxylic acids is 1. The van der Waals surface area contributed by atoms with Crippen molar-refractivity contribution in [1.29, 1.82) is 0 Å². The molecule has 1 heterocycles. The number of aryl methyl sites for hydroxylation is 1. The van der Waals surface area contributed by atoms with E-state index in [9.17, 15) is 9.90 Å². The minimum absolute atomic E-state index is 0.0371. The van der Waals surface area contributed by atoms with Gasteiger partial charge in [-0.15, -0.1) is 0 Å². The van der Waals surface area contributed by atoms with Crippen molar-refractivity contribution in [1.82, 2.24) is 9.78 Å². The number of aromatic nitrogens is 2. The highest BCUT2D eigenvalue weighted by Gasteiger charge is 2.12. The fourth-order valence-electron chi connectivity index (χ4n) is 1.39. The molecule has 0 aliphatic heterocycles. The Morgan fingerprint density at radius 1 is 1.47 bits per heavy atom. The second-order valence-corrected chi connectivity index (χ2v) is 3.89. The summed E-state index contributed by atoms with van der Waals surface area (Å²) in [5.74, 6) is -0.396. The summed E-state index contributed by atoms with van der Waals surface area (Å²) < 4.78 is 1.44.